The maximum absolute atomic E-state index is 13.4. The first-order chi connectivity index (χ1) is 11.2. The van der Waals surface area contributed by atoms with E-state index in [1.807, 2.05) is 0 Å². The van der Waals surface area contributed by atoms with Gasteiger partial charge in [0.15, 0.2) is 11.6 Å². The molecular weight excluding hydrogens is 311 g/mol. The third kappa shape index (κ3) is 4.02. The first-order valence-corrected chi connectivity index (χ1v) is 7.45. The number of amides is 1. The largest absolute Gasteiger partial charge is 0.494 e. The van der Waals surface area contributed by atoms with Crippen molar-refractivity contribution in [1.29, 1.82) is 0 Å². The Morgan fingerprint density at radius 3 is 2.62 bits per heavy atom. The van der Waals surface area contributed by atoms with E-state index >= 15 is 0 Å². The summed E-state index contributed by atoms with van der Waals surface area (Å²) in [7, 11) is 1.38. The molecule has 0 aliphatic rings. The summed E-state index contributed by atoms with van der Waals surface area (Å²) in [6, 6.07) is 9.13. The van der Waals surface area contributed by atoms with Gasteiger partial charge < -0.3 is 20.9 Å². The van der Waals surface area contributed by atoms with Crippen LogP contribution in [0.2, 0.25) is 0 Å². The van der Waals surface area contributed by atoms with Gasteiger partial charge in [-0.1, -0.05) is 6.07 Å². The molecule has 5 nitrogen and oxygen atoms in total. The lowest BCUT2D eigenvalue weighted by molar-refractivity contribution is 0.0792. The zero-order valence-corrected chi connectivity index (χ0v) is 13.9. The van der Waals surface area contributed by atoms with Gasteiger partial charge >= 0.3 is 0 Å². The number of rotatable bonds is 5. The molecule has 0 aliphatic heterocycles. The number of nitrogen functional groups attached to an aromatic ring is 1. The van der Waals surface area contributed by atoms with Gasteiger partial charge in [0.2, 0.25) is 0 Å². The Labute approximate surface area is 140 Å². The third-order valence-electron chi connectivity index (χ3n) is 3.64. The highest BCUT2D eigenvalue weighted by Gasteiger charge is 2.20. The molecule has 0 saturated heterocycles. The molecule has 128 valence electrons. The lowest BCUT2D eigenvalue weighted by Gasteiger charge is -2.20. The van der Waals surface area contributed by atoms with Crippen LogP contribution in [0, 0.1) is 5.82 Å². The Kier molecular flexibility index (Phi) is 5.09. The standard InChI is InChI=1S/C18H21FN2O3/c1-18(2,23)13-9-12(5-7-15(13)20)17(22)21-10-11-4-6-14(19)16(8-11)24-3/h4-9,23H,10,20H2,1-3H3,(H,21,22). The van der Waals surface area contributed by atoms with E-state index in [-0.39, 0.29) is 18.2 Å². The number of carbonyl (C=O) groups is 1. The second-order valence-corrected chi connectivity index (χ2v) is 6.01. The van der Waals surface area contributed by atoms with Crippen LogP contribution in [-0.4, -0.2) is 18.1 Å². The van der Waals surface area contributed by atoms with Crippen molar-refractivity contribution >= 4 is 11.6 Å². The van der Waals surface area contributed by atoms with Crippen molar-refractivity contribution in [3.63, 3.8) is 0 Å². The number of nitrogens with one attached hydrogen (secondary N) is 1. The Morgan fingerprint density at radius 1 is 1.29 bits per heavy atom. The molecule has 0 saturated carbocycles. The highest BCUT2D eigenvalue weighted by molar-refractivity contribution is 5.94. The molecule has 6 heteroatoms. The van der Waals surface area contributed by atoms with Crippen molar-refractivity contribution in [2.45, 2.75) is 26.0 Å². The van der Waals surface area contributed by atoms with E-state index in [0.717, 1.165) is 0 Å². The normalized spacial score (nSPS) is 11.2. The predicted molar refractivity (Wildman–Crippen MR) is 90.2 cm³/mol. The second kappa shape index (κ2) is 6.88. The first-order valence-electron chi connectivity index (χ1n) is 7.45. The maximum Gasteiger partial charge on any atom is 0.251 e. The van der Waals surface area contributed by atoms with Gasteiger partial charge in [0, 0.05) is 23.4 Å². The number of methoxy groups -OCH3 is 1. The van der Waals surface area contributed by atoms with E-state index in [1.165, 1.54) is 19.2 Å². The summed E-state index contributed by atoms with van der Waals surface area (Å²) >= 11 is 0. The van der Waals surface area contributed by atoms with Crippen LogP contribution in [-0.2, 0) is 12.1 Å². The van der Waals surface area contributed by atoms with E-state index < -0.39 is 11.4 Å². The Hall–Kier alpha value is -2.60. The van der Waals surface area contributed by atoms with Crippen LogP contribution in [0.1, 0.15) is 35.3 Å². The minimum atomic E-state index is -1.15. The zero-order chi connectivity index (χ0) is 17.9. The second-order valence-electron chi connectivity index (χ2n) is 6.01. The van der Waals surface area contributed by atoms with E-state index in [9.17, 15) is 14.3 Å². The number of hydrogen-bond donors (Lipinski definition) is 3. The van der Waals surface area contributed by atoms with Crippen molar-refractivity contribution < 1.29 is 19.0 Å². The molecule has 0 radical (unpaired) electrons. The van der Waals surface area contributed by atoms with Gasteiger partial charge in [0.1, 0.15) is 0 Å². The van der Waals surface area contributed by atoms with Crippen LogP contribution in [0.5, 0.6) is 5.75 Å². The topological polar surface area (TPSA) is 84.6 Å². The molecule has 0 unspecified atom stereocenters. The van der Waals surface area contributed by atoms with Crippen LogP contribution in [0.3, 0.4) is 0 Å². The zero-order valence-electron chi connectivity index (χ0n) is 13.9. The van der Waals surface area contributed by atoms with Crippen molar-refractivity contribution in [3.8, 4) is 5.75 Å². The summed E-state index contributed by atoms with van der Waals surface area (Å²) in [6.45, 7) is 3.42. The van der Waals surface area contributed by atoms with Crippen LogP contribution in [0.4, 0.5) is 10.1 Å². The summed E-state index contributed by atoms with van der Waals surface area (Å²) in [5, 5.41) is 12.9. The molecule has 1 amide bonds. The average Bonchev–Trinajstić information content (AvgIpc) is 2.53. The molecule has 24 heavy (non-hydrogen) atoms. The van der Waals surface area contributed by atoms with Gasteiger partial charge in [-0.25, -0.2) is 4.39 Å². The van der Waals surface area contributed by atoms with Gasteiger partial charge in [-0.15, -0.1) is 0 Å². The monoisotopic (exact) mass is 332 g/mol. The fraction of sp³-hybridized carbons (Fsp3) is 0.278. The third-order valence-corrected chi connectivity index (χ3v) is 3.64. The first kappa shape index (κ1) is 17.7. The molecule has 0 bridgehead atoms. The average molecular weight is 332 g/mol. The van der Waals surface area contributed by atoms with Gasteiger partial charge in [0.25, 0.3) is 5.91 Å². The van der Waals surface area contributed by atoms with Crippen molar-refractivity contribution in [3.05, 3.63) is 58.9 Å². The molecule has 0 fully saturated rings. The number of ether oxygens (including phenoxy) is 1. The molecule has 0 atom stereocenters. The molecule has 2 aromatic carbocycles. The van der Waals surface area contributed by atoms with Crippen molar-refractivity contribution in [2.24, 2.45) is 0 Å². The van der Waals surface area contributed by atoms with Crippen molar-refractivity contribution in [2.75, 3.05) is 12.8 Å². The minimum Gasteiger partial charge on any atom is -0.494 e. The quantitative estimate of drug-likeness (QED) is 0.735. The number of aliphatic hydroxyl groups is 1. The lowest BCUT2D eigenvalue weighted by atomic mass is 9.94. The number of halogens is 1. The van der Waals surface area contributed by atoms with E-state index in [2.05, 4.69) is 5.32 Å². The van der Waals surface area contributed by atoms with Gasteiger partial charge in [-0.2, -0.15) is 0 Å². The van der Waals surface area contributed by atoms with E-state index in [4.69, 9.17) is 10.5 Å². The van der Waals surface area contributed by atoms with E-state index in [0.29, 0.717) is 22.4 Å². The molecule has 0 aromatic heterocycles. The molecule has 2 aromatic rings. The smallest absolute Gasteiger partial charge is 0.251 e. The molecule has 2 rings (SSSR count). The summed E-state index contributed by atoms with van der Waals surface area (Å²) in [5.41, 5.74) is 6.69. The van der Waals surface area contributed by atoms with Gasteiger partial charge in [-0.3, -0.25) is 4.79 Å². The number of benzene rings is 2. The van der Waals surface area contributed by atoms with Crippen LogP contribution < -0.4 is 15.8 Å². The minimum absolute atomic E-state index is 0.124. The highest BCUT2D eigenvalue weighted by atomic mass is 19.1. The van der Waals surface area contributed by atoms with Gasteiger partial charge in [0.05, 0.1) is 12.7 Å². The van der Waals surface area contributed by atoms with Gasteiger partial charge in [-0.05, 0) is 49.7 Å². The van der Waals surface area contributed by atoms with Crippen LogP contribution >= 0.6 is 0 Å². The highest BCUT2D eigenvalue weighted by Crippen LogP contribution is 2.26. The Morgan fingerprint density at radius 2 is 2.00 bits per heavy atom. The Bertz CT molecular complexity index is 754. The summed E-state index contributed by atoms with van der Waals surface area (Å²) in [6.07, 6.45) is 0. The molecule has 0 spiro atoms. The van der Waals surface area contributed by atoms with Crippen molar-refractivity contribution in [1.82, 2.24) is 5.32 Å². The summed E-state index contributed by atoms with van der Waals surface area (Å²) < 4.78 is 18.3. The summed E-state index contributed by atoms with van der Waals surface area (Å²) in [4.78, 5) is 12.3. The van der Waals surface area contributed by atoms with E-state index in [1.54, 1.807) is 38.1 Å². The number of nitrogens with two attached hydrogens (primary N) is 1. The fourth-order valence-electron chi connectivity index (χ4n) is 2.33. The molecule has 0 aliphatic carbocycles. The Balaban J connectivity index is 2.13. The SMILES string of the molecule is COc1cc(CNC(=O)c2ccc(N)c(C(C)(C)O)c2)ccc1F. The molecule has 0 heterocycles. The van der Waals surface area contributed by atoms with Crippen LogP contribution in [0.25, 0.3) is 0 Å². The molecular formula is C18H21FN2O3. The number of anilines is 1. The number of hydrogen-bond acceptors (Lipinski definition) is 4. The predicted octanol–water partition coefficient (Wildman–Crippen LogP) is 2.57. The fourth-order valence-corrected chi connectivity index (χ4v) is 2.33. The van der Waals surface area contributed by atoms with Crippen LogP contribution in [0.15, 0.2) is 36.4 Å². The molecule has 4 N–H and O–H groups in total. The maximum atomic E-state index is 13.4. The number of carbonyl (C=O) groups excluding carboxylic acids is 1. The summed E-state index contributed by atoms with van der Waals surface area (Å²) in [5.74, 6) is -0.650. The lowest BCUT2D eigenvalue weighted by Crippen LogP contribution is -2.24.